The molecule has 162 valence electrons. The van der Waals surface area contributed by atoms with Crippen LogP contribution in [0.3, 0.4) is 0 Å². The molecule has 0 spiro atoms. The molecule has 1 aliphatic rings. The van der Waals surface area contributed by atoms with Crippen molar-refractivity contribution < 1.29 is 14.3 Å². The quantitative estimate of drug-likeness (QED) is 0.600. The molecule has 0 radical (unpaired) electrons. The molecule has 0 atom stereocenters. The fourth-order valence-corrected chi connectivity index (χ4v) is 3.65. The highest BCUT2D eigenvalue weighted by Gasteiger charge is 2.24. The summed E-state index contributed by atoms with van der Waals surface area (Å²) in [4.78, 5) is 17.1. The van der Waals surface area contributed by atoms with E-state index in [0.717, 1.165) is 24.6 Å². The van der Waals surface area contributed by atoms with Gasteiger partial charge >= 0.3 is 0 Å². The van der Waals surface area contributed by atoms with Crippen molar-refractivity contribution in [3.05, 3.63) is 59.4 Å². The summed E-state index contributed by atoms with van der Waals surface area (Å²) in [5, 5.41) is 12.2. The van der Waals surface area contributed by atoms with Gasteiger partial charge in [-0.3, -0.25) is 9.69 Å². The zero-order valence-corrected chi connectivity index (χ0v) is 18.0. The van der Waals surface area contributed by atoms with Crippen LogP contribution in [0.25, 0.3) is 5.69 Å². The number of nitrogens with zero attached hydrogens (tertiary/aromatic N) is 6. The van der Waals surface area contributed by atoms with Crippen LogP contribution >= 0.6 is 0 Å². The summed E-state index contributed by atoms with van der Waals surface area (Å²) in [5.74, 6) is 1.93. The third kappa shape index (κ3) is 4.51. The van der Waals surface area contributed by atoms with E-state index in [1.807, 2.05) is 36.1 Å². The SMILES string of the molecule is COc1ccc(C(=O)N2CCN(Cc3nnnn3-c3ccc(C)cc3)CC2)cc1OC. The molecule has 2 heterocycles. The Morgan fingerprint density at radius 2 is 1.68 bits per heavy atom. The molecule has 2 aromatic carbocycles. The van der Waals surface area contributed by atoms with Gasteiger partial charge in [0, 0.05) is 31.7 Å². The first kappa shape index (κ1) is 20.8. The van der Waals surface area contributed by atoms with Gasteiger partial charge < -0.3 is 14.4 Å². The van der Waals surface area contributed by atoms with E-state index in [9.17, 15) is 4.79 Å². The van der Waals surface area contributed by atoms with Crippen LogP contribution in [0.2, 0.25) is 0 Å². The Morgan fingerprint density at radius 1 is 0.968 bits per heavy atom. The second kappa shape index (κ2) is 9.13. The number of rotatable bonds is 6. The van der Waals surface area contributed by atoms with E-state index in [1.54, 1.807) is 37.1 Å². The summed E-state index contributed by atoms with van der Waals surface area (Å²) in [6.45, 7) is 5.45. The number of carbonyl (C=O) groups is 1. The molecule has 9 heteroatoms. The lowest BCUT2D eigenvalue weighted by molar-refractivity contribution is 0.0624. The van der Waals surface area contributed by atoms with Crippen molar-refractivity contribution in [2.45, 2.75) is 13.5 Å². The lowest BCUT2D eigenvalue weighted by atomic mass is 10.1. The normalized spacial score (nSPS) is 14.5. The molecule has 1 amide bonds. The summed E-state index contributed by atoms with van der Waals surface area (Å²) >= 11 is 0. The predicted octanol–water partition coefficient (Wildman–Crippen LogP) is 1.95. The van der Waals surface area contributed by atoms with Crippen molar-refractivity contribution in [1.29, 1.82) is 0 Å². The third-order valence-corrected chi connectivity index (χ3v) is 5.47. The standard InChI is InChI=1S/C22H26N6O3/c1-16-4-7-18(8-5-16)28-21(23-24-25-28)15-26-10-12-27(13-11-26)22(29)17-6-9-19(30-2)20(14-17)31-3/h4-9,14H,10-13,15H2,1-3H3. The minimum absolute atomic E-state index is 0.00917. The number of methoxy groups -OCH3 is 2. The van der Waals surface area contributed by atoms with Gasteiger partial charge in [-0.1, -0.05) is 17.7 Å². The zero-order chi connectivity index (χ0) is 21.8. The summed E-state index contributed by atoms with van der Waals surface area (Å²) in [6, 6.07) is 13.4. The van der Waals surface area contributed by atoms with Crippen molar-refractivity contribution in [3.63, 3.8) is 0 Å². The van der Waals surface area contributed by atoms with Crippen LogP contribution in [0.1, 0.15) is 21.7 Å². The molecular weight excluding hydrogens is 396 g/mol. The van der Waals surface area contributed by atoms with Crippen LogP contribution in [-0.4, -0.2) is 76.3 Å². The van der Waals surface area contributed by atoms with Gasteiger partial charge in [0.25, 0.3) is 5.91 Å². The van der Waals surface area contributed by atoms with Gasteiger partial charge in [0.1, 0.15) is 0 Å². The van der Waals surface area contributed by atoms with E-state index in [1.165, 1.54) is 5.56 Å². The highest BCUT2D eigenvalue weighted by Crippen LogP contribution is 2.28. The molecule has 0 unspecified atom stereocenters. The van der Waals surface area contributed by atoms with E-state index in [0.29, 0.717) is 36.7 Å². The molecule has 0 saturated carbocycles. The number of hydrogen-bond acceptors (Lipinski definition) is 7. The maximum absolute atomic E-state index is 12.9. The van der Waals surface area contributed by atoms with Crippen LogP contribution in [0, 0.1) is 6.92 Å². The second-order valence-corrected chi connectivity index (χ2v) is 7.48. The first-order valence-electron chi connectivity index (χ1n) is 10.2. The number of hydrogen-bond donors (Lipinski definition) is 0. The smallest absolute Gasteiger partial charge is 0.254 e. The summed E-state index contributed by atoms with van der Waals surface area (Å²) < 4.78 is 12.3. The van der Waals surface area contributed by atoms with E-state index in [-0.39, 0.29) is 5.91 Å². The molecule has 9 nitrogen and oxygen atoms in total. The Labute approximate surface area is 181 Å². The first-order valence-corrected chi connectivity index (χ1v) is 10.2. The second-order valence-electron chi connectivity index (χ2n) is 7.48. The average Bonchev–Trinajstić information content (AvgIpc) is 3.27. The zero-order valence-electron chi connectivity index (χ0n) is 18.0. The monoisotopic (exact) mass is 422 g/mol. The van der Waals surface area contributed by atoms with E-state index in [4.69, 9.17) is 9.47 Å². The summed E-state index contributed by atoms with van der Waals surface area (Å²) in [7, 11) is 3.14. The first-order chi connectivity index (χ1) is 15.1. The number of benzene rings is 2. The van der Waals surface area contributed by atoms with Crippen LogP contribution < -0.4 is 9.47 Å². The fourth-order valence-electron chi connectivity index (χ4n) is 3.65. The Morgan fingerprint density at radius 3 is 2.35 bits per heavy atom. The van der Waals surface area contributed by atoms with E-state index < -0.39 is 0 Å². The van der Waals surface area contributed by atoms with E-state index in [2.05, 4.69) is 20.4 Å². The van der Waals surface area contributed by atoms with Crippen molar-refractivity contribution in [1.82, 2.24) is 30.0 Å². The molecule has 4 rings (SSSR count). The van der Waals surface area contributed by atoms with Crippen molar-refractivity contribution in [2.24, 2.45) is 0 Å². The van der Waals surface area contributed by atoms with Crippen LogP contribution in [-0.2, 0) is 6.54 Å². The summed E-state index contributed by atoms with van der Waals surface area (Å²) in [6.07, 6.45) is 0. The molecule has 3 aromatic rings. The number of aromatic nitrogens is 4. The number of ether oxygens (including phenoxy) is 2. The third-order valence-electron chi connectivity index (χ3n) is 5.47. The molecule has 1 saturated heterocycles. The van der Waals surface area contributed by atoms with Gasteiger partial charge in [0.15, 0.2) is 17.3 Å². The molecule has 1 aliphatic heterocycles. The molecule has 0 bridgehead atoms. The molecule has 0 aliphatic carbocycles. The molecular formula is C22H26N6O3. The van der Waals surface area contributed by atoms with Gasteiger partial charge in [-0.15, -0.1) is 5.10 Å². The molecule has 0 N–H and O–H groups in total. The maximum Gasteiger partial charge on any atom is 0.254 e. The molecule has 1 fully saturated rings. The van der Waals surface area contributed by atoms with Crippen molar-refractivity contribution in [2.75, 3.05) is 40.4 Å². The Hall–Kier alpha value is -3.46. The van der Waals surface area contributed by atoms with Gasteiger partial charge in [0.05, 0.1) is 26.5 Å². The average molecular weight is 422 g/mol. The minimum Gasteiger partial charge on any atom is -0.493 e. The highest BCUT2D eigenvalue weighted by atomic mass is 16.5. The van der Waals surface area contributed by atoms with E-state index >= 15 is 0 Å². The predicted molar refractivity (Wildman–Crippen MR) is 115 cm³/mol. The topological polar surface area (TPSA) is 85.6 Å². The Balaban J connectivity index is 1.38. The van der Waals surface area contributed by atoms with Crippen LogP contribution in [0.5, 0.6) is 11.5 Å². The molecule has 1 aromatic heterocycles. The molecule has 31 heavy (non-hydrogen) atoms. The van der Waals surface area contributed by atoms with Crippen molar-refractivity contribution in [3.8, 4) is 17.2 Å². The lowest BCUT2D eigenvalue weighted by Gasteiger charge is -2.34. The number of tetrazole rings is 1. The fraction of sp³-hybridized carbons (Fsp3) is 0.364. The van der Waals surface area contributed by atoms with Crippen molar-refractivity contribution >= 4 is 5.91 Å². The largest absolute Gasteiger partial charge is 0.493 e. The van der Waals surface area contributed by atoms with Gasteiger partial charge in [0.2, 0.25) is 0 Å². The van der Waals surface area contributed by atoms with Gasteiger partial charge in [-0.25, -0.2) is 0 Å². The Bertz CT molecular complexity index is 1040. The van der Waals surface area contributed by atoms with Gasteiger partial charge in [-0.2, -0.15) is 4.68 Å². The highest BCUT2D eigenvalue weighted by molar-refractivity contribution is 5.95. The number of aryl methyl sites for hydroxylation is 1. The van der Waals surface area contributed by atoms with Crippen LogP contribution in [0.4, 0.5) is 0 Å². The lowest BCUT2D eigenvalue weighted by Crippen LogP contribution is -2.48. The van der Waals surface area contributed by atoms with Gasteiger partial charge in [-0.05, 0) is 47.7 Å². The number of amides is 1. The number of carbonyl (C=O) groups excluding carboxylic acids is 1. The number of piperazine rings is 1. The minimum atomic E-state index is -0.00917. The van der Waals surface area contributed by atoms with Crippen LogP contribution in [0.15, 0.2) is 42.5 Å². The summed E-state index contributed by atoms with van der Waals surface area (Å²) in [5.41, 5.74) is 2.72. The maximum atomic E-state index is 12.9. The Kier molecular flexibility index (Phi) is 6.13.